The topological polar surface area (TPSA) is 50.9 Å². The third-order valence-corrected chi connectivity index (χ3v) is 2.80. The van der Waals surface area contributed by atoms with Crippen LogP contribution >= 0.6 is 11.6 Å². The van der Waals surface area contributed by atoms with Gasteiger partial charge < -0.3 is 5.11 Å². The largest absolute Gasteiger partial charge is 0.382 e. The summed E-state index contributed by atoms with van der Waals surface area (Å²) in [6, 6.07) is 5.18. The summed E-state index contributed by atoms with van der Waals surface area (Å²) in [4.78, 5) is 4.08. The smallest absolute Gasteiger partial charge is 0.129 e. The fourth-order valence-corrected chi connectivity index (χ4v) is 1.69. The highest BCUT2D eigenvalue weighted by molar-refractivity contribution is 6.29. The van der Waals surface area contributed by atoms with Crippen LogP contribution in [0.15, 0.2) is 24.4 Å². The number of hydrogen-bond donors (Lipinski definition) is 1. The molecule has 5 heteroatoms. The normalized spacial score (nSPS) is 12.8. The predicted octanol–water partition coefficient (Wildman–Crippen LogP) is 1.86. The molecule has 0 saturated carbocycles. The maximum atomic E-state index is 10.1. The monoisotopic (exact) mass is 237 g/mol. The molecule has 2 rings (SSSR count). The third kappa shape index (κ3) is 1.94. The molecule has 2 aromatic heterocycles. The number of nitrogens with zero attached hydrogens (tertiary/aromatic N) is 3. The van der Waals surface area contributed by atoms with Crippen molar-refractivity contribution in [2.45, 2.75) is 13.0 Å². The van der Waals surface area contributed by atoms with Crippen LogP contribution in [0, 0.1) is 6.92 Å². The highest BCUT2D eigenvalue weighted by Gasteiger charge is 2.17. The molecule has 4 nitrogen and oxygen atoms in total. The molecule has 0 saturated heterocycles. The van der Waals surface area contributed by atoms with Gasteiger partial charge in [0.1, 0.15) is 11.3 Å². The number of aliphatic hydroxyl groups excluding tert-OH is 1. The molecule has 0 aromatic carbocycles. The quantitative estimate of drug-likeness (QED) is 0.812. The Bertz CT molecular complexity index is 510. The minimum absolute atomic E-state index is 0.373. The minimum atomic E-state index is -0.785. The van der Waals surface area contributed by atoms with Gasteiger partial charge in [-0.05, 0) is 19.1 Å². The molecule has 84 valence electrons. The van der Waals surface area contributed by atoms with E-state index >= 15 is 0 Å². The van der Waals surface area contributed by atoms with Gasteiger partial charge in [0.2, 0.25) is 0 Å². The van der Waals surface area contributed by atoms with Gasteiger partial charge in [0, 0.05) is 18.3 Å². The van der Waals surface area contributed by atoms with Crippen molar-refractivity contribution in [3.63, 3.8) is 0 Å². The first kappa shape index (κ1) is 11.1. The van der Waals surface area contributed by atoms with Crippen molar-refractivity contribution in [2.24, 2.45) is 7.05 Å². The van der Waals surface area contributed by atoms with E-state index < -0.39 is 6.10 Å². The number of hydrogen-bond acceptors (Lipinski definition) is 3. The molecule has 0 fully saturated rings. The summed E-state index contributed by atoms with van der Waals surface area (Å²) >= 11 is 5.78. The summed E-state index contributed by atoms with van der Waals surface area (Å²) in [7, 11) is 1.83. The van der Waals surface area contributed by atoms with Gasteiger partial charge in [-0.15, -0.1) is 0 Å². The Labute approximate surface area is 98.5 Å². The number of halogens is 1. The van der Waals surface area contributed by atoms with Crippen LogP contribution in [0.3, 0.4) is 0 Å². The summed E-state index contributed by atoms with van der Waals surface area (Å²) < 4.78 is 1.71. The molecule has 0 aliphatic rings. The van der Waals surface area contributed by atoms with E-state index in [2.05, 4.69) is 10.1 Å². The number of aromatic nitrogens is 3. The molecule has 0 radical (unpaired) electrons. The molecule has 16 heavy (non-hydrogen) atoms. The lowest BCUT2D eigenvalue weighted by molar-refractivity contribution is 0.214. The lowest BCUT2D eigenvalue weighted by Gasteiger charge is -2.09. The van der Waals surface area contributed by atoms with Crippen LogP contribution in [0.25, 0.3) is 0 Å². The average Bonchev–Trinajstić information content (AvgIpc) is 2.59. The summed E-state index contributed by atoms with van der Waals surface area (Å²) in [6.07, 6.45) is 0.857. The van der Waals surface area contributed by atoms with E-state index in [9.17, 15) is 5.11 Å². The lowest BCUT2D eigenvalue weighted by atomic mass is 10.1. The number of rotatable bonds is 2. The zero-order valence-electron chi connectivity index (χ0n) is 9.05. The standard InChI is InChI=1S/C11H12ClN3O/c1-7-8(6-13-15(7)2)11(16)9-4-3-5-10(12)14-9/h3-6,11,16H,1-2H3. The first-order valence-electron chi connectivity index (χ1n) is 4.88. The van der Waals surface area contributed by atoms with Crippen LogP contribution in [0.1, 0.15) is 23.1 Å². The Morgan fingerprint density at radius 2 is 2.19 bits per heavy atom. The fourth-order valence-electron chi connectivity index (χ4n) is 1.52. The molecule has 1 unspecified atom stereocenters. The van der Waals surface area contributed by atoms with Crippen LogP contribution in [0.2, 0.25) is 5.15 Å². The van der Waals surface area contributed by atoms with Crippen LogP contribution in [0.5, 0.6) is 0 Å². The summed E-state index contributed by atoms with van der Waals surface area (Å²) in [5.41, 5.74) is 2.19. The Kier molecular flexibility index (Phi) is 2.94. The van der Waals surface area contributed by atoms with Crippen LogP contribution < -0.4 is 0 Å². The van der Waals surface area contributed by atoms with Crippen molar-refractivity contribution in [2.75, 3.05) is 0 Å². The van der Waals surface area contributed by atoms with Crippen molar-refractivity contribution in [3.05, 3.63) is 46.5 Å². The Balaban J connectivity index is 2.39. The second-order valence-electron chi connectivity index (χ2n) is 3.60. The SMILES string of the molecule is Cc1c(C(O)c2cccc(Cl)n2)cnn1C. The number of aliphatic hydroxyl groups is 1. The second kappa shape index (κ2) is 4.23. The van der Waals surface area contributed by atoms with E-state index in [0.29, 0.717) is 10.8 Å². The van der Waals surface area contributed by atoms with Crippen molar-refractivity contribution in [1.82, 2.24) is 14.8 Å². The molecule has 0 aliphatic heterocycles. The van der Waals surface area contributed by atoms with E-state index in [1.54, 1.807) is 29.1 Å². The molecule has 2 heterocycles. The zero-order valence-corrected chi connectivity index (χ0v) is 9.81. The average molecular weight is 238 g/mol. The summed E-state index contributed by atoms with van der Waals surface area (Å²) in [6.45, 7) is 1.90. The molecule has 1 N–H and O–H groups in total. The molecule has 1 atom stereocenters. The Morgan fingerprint density at radius 1 is 1.44 bits per heavy atom. The number of pyridine rings is 1. The first-order valence-corrected chi connectivity index (χ1v) is 5.26. The number of aryl methyl sites for hydroxylation is 1. The van der Waals surface area contributed by atoms with Gasteiger partial charge in [0.15, 0.2) is 0 Å². The van der Waals surface area contributed by atoms with E-state index in [1.165, 1.54) is 0 Å². The summed E-state index contributed by atoms with van der Waals surface area (Å²) in [5, 5.41) is 14.6. The van der Waals surface area contributed by atoms with Gasteiger partial charge >= 0.3 is 0 Å². The summed E-state index contributed by atoms with van der Waals surface area (Å²) in [5.74, 6) is 0. The third-order valence-electron chi connectivity index (χ3n) is 2.58. The second-order valence-corrected chi connectivity index (χ2v) is 3.98. The van der Waals surface area contributed by atoms with Gasteiger partial charge in [-0.3, -0.25) is 4.68 Å². The first-order chi connectivity index (χ1) is 7.59. The lowest BCUT2D eigenvalue weighted by Crippen LogP contribution is -2.04. The van der Waals surface area contributed by atoms with Crippen molar-refractivity contribution < 1.29 is 5.11 Å². The van der Waals surface area contributed by atoms with Crippen LogP contribution in [0.4, 0.5) is 0 Å². The van der Waals surface area contributed by atoms with Crippen LogP contribution in [-0.4, -0.2) is 19.9 Å². The maximum Gasteiger partial charge on any atom is 0.129 e. The van der Waals surface area contributed by atoms with Gasteiger partial charge in [0.25, 0.3) is 0 Å². The molecule has 0 spiro atoms. The highest BCUT2D eigenvalue weighted by Crippen LogP contribution is 2.23. The molecular formula is C11H12ClN3O. The fraction of sp³-hybridized carbons (Fsp3) is 0.273. The maximum absolute atomic E-state index is 10.1. The molecule has 0 aliphatic carbocycles. The predicted molar refractivity (Wildman–Crippen MR) is 61.3 cm³/mol. The van der Waals surface area contributed by atoms with E-state index in [-0.39, 0.29) is 0 Å². The molecule has 0 bridgehead atoms. The van der Waals surface area contributed by atoms with Crippen molar-refractivity contribution in [3.8, 4) is 0 Å². The Hall–Kier alpha value is -1.39. The molecular weight excluding hydrogens is 226 g/mol. The van der Waals surface area contributed by atoms with Gasteiger partial charge in [0.05, 0.1) is 11.9 Å². The van der Waals surface area contributed by atoms with Crippen molar-refractivity contribution in [1.29, 1.82) is 0 Å². The van der Waals surface area contributed by atoms with Gasteiger partial charge in [-0.2, -0.15) is 5.10 Å². The van der Waals surface area contributed by atoms with Crippen LogP contribution in [-0.2, 0) is 7.05 Å². The van der Waals surface area contributed by atoms with E-state index in [4.69, 9.17) is 11.6 Å². The molecule has 0 amide bonds. The van der Waals surface area contributed by atoms with Gasteiger partial charge in [-0.25, -0.2) is 4.98 Å². The Morgan fingerprint density at radius 3 is 2.75 bits per heavy atom. The zero-order chi connectivity index (χ0) is 11.7. The van der Waals surface area contributed by atoms with Gasteiger partial charge in [-0.1, -0.05) is 17.7 Å². The van der Waals surface area contributed by atoms with E-state index in [0.717, 1.165) is 11.3 Å². The minimum Gasteiger partial charge on any atom is -0.382 e. The highest BCUT2D eigenvalue weighted by atomic mass is 35.5. The molecule has 2 aromatic rings. The van der Waals surface area contributed by atoms with E-state index in [1.807, 2.05) is 14.0 Å². The van der Waals surface area contributed by atoms with Crippen molar-refractivity contribution >= 4 is 11.6 Å².